The van der Waals surface area contributed by atoms with Crippen LogP contribution in [-0.4, -0.2) is 46.9 Å². The summed E-state index contributed by atoms with van der Waals surface area (Å²) in [5.74, 6) is 1.10. The molecule has 1 saturated heterocycles. The van der Waals surface area contributed by atoms with Crippen LogP contribution < -0.4 is 10.6 Å². The molecule has 1 aromatic rings. The zero-order valence-corrected chi connectivity index (χ0v) is 12.7. The number of hydrogen-bond donors (Lipinski definition) is 1. The van der Waals surface area contributed by atoms with E-state index in [-0.39, 0.29) is 0 Å². The fourth-order valence-electron chi connectivity index (χ4n) is 2.85. The molecule has 2 heterocycles. The van der Waals surface area contributed by atoms with E-state index in [0.717, 1.165) is 49.8 Å². The highest BCUT2D eigenvalue weighted by Gasteiger charge is 2.24. The molecule has 0 amide bonds. The fraction of sp³-hybridized carbons (Fsp3) is 0.786. The SMILES string of the molecule is CCc1nn(C)c(N2CCN(C(C)CC)CC2)c1N. The highest BCUT2D eigenvalue weighted by molar-refractivity contribution is 5.66. The van der Waals surface area contributed by atoms with E-state index in [4.69, 9.17) is 5.73 Å². The fourth-order valence-corrected chi connectivity index (χ4v) is 2.85. The molecule has 0 radical (unpaired) electrons. The standard InChI is InChI=1S/C14H27N5/c1-5-11(3)18-7-9-19(10-8-18)14-13(15)12(6-2)16-17(14)4/h11H,5-10,15H2,1-4H3. The van der Waals surface area contributed by atoms with E-state index in [0.29, 0.717) is 6.04 Å². The molecule has 0 aromatic carbocycles. The minimum atomic E-state index is 0.678. The maximum Gasteiger partial charge on any atom is 0.150 e. The Bertz CT molecular complexity index is 418. The number of nitrogens with zero attached hydrogens (tertiary/aromatic N) is 4. The van der Waals surface area contributed by atoms with Crippen molar-refractivity contribution in [2.75, 3.05) is 36.8 Å². The van der Waals surface area contributed by atoms with Gasteiger partial charge in [-0.2, -0.15) is 5.10 Å². The molecule has 1 unspecified atom stereocenters. The van der Waals surface area contributed by atoms with Gasteiger partial charge in [-0.3, -0.25) is 9.58 Å². The zero-order valence-electron chi connectivity index (χ0n) is 12.7. The summed E-state index contributed by atoms with van der Waals surface area (Å²) in [5, 5.41) is 4.51. The molecule has 1 aliphatic heterocycles. The predicted octanol–water partition coefficient (Wildman–Crippen LogP) is 1.49. The van der Waals surface area contributed by atoms with Gasteiger partial charge >= 0.3 is 0 Å². The van der Waals surface area contributed by atoms with Gasteiger partial charge in [0.25, 0.3) is 0 Å². The van der Waals surface area contributed by atoms with Crippen molar-refractivity contribution >= 4 is 11.5 Å². The van der Waals surface area contributed by atoms with Crippen LogP contribution in [0.4, 0.5) is 11.5 Å². The van der Waals surface area contributed by atoms with Crippen LogP contribution in [0.25, 0.3) is 0 Å². The van der Waals surface area contributed by atoms with Gasteiger partial charge in [-0.25, -0.2) is 0 Å². The Labute approximate surface area is 116 Å². The lowest BCUT2D eigenvalue weighted by Gasteiger charge is -2.38. The third kappa shape index (κ3) is 2.71. The van der Waals surface area contributed by atoms with E-state index in [2.05, 4.69) is 35.7 Å². The molecule has 1 fully saturated rings. The molecule has 0 saturated carbocycles. The van der Waals surface area contributed by atoms with Crippen molar-refractivity contribution in [2.24, 2.45) is 7.05 Å². The summed E-state index contributed by atoms with van der Waals surface area (Å²) in [6.45, 7) is 11.0. The number of nitrogens with two attached hydrogens (primary N) is 1. The summed E-state index contributed by atoms with van der Waals surface area (Å²) in [4.78, 5) is 4.93. The Balaban J connectivity index is 2.07. The Hall–Kier alpha value is -1.23. The van der Waals surface area contributed by atoms with Crippen LogP contribution in [0, 0.1) is 0 Å². The Kier molecular flexibility index (Phi) is 4.34. The van der Waals surface area contributed by atoms with E-state index >= 15 is 0 Å². The number of aryl methyl sites for hydroxylation is 2. The van der Waals surface area contributed by atoms with Crippen molar-refractivity contribution in [3.05, 3.63) is 5.69 Å². The summed E-state index contributed by atoms with van der Waals surface area (Å²) in [5.41, 5.74) is 8.11. The van der Waals surface area contributed by atoms with Crippen LogP contribution in [0.1, 0.15) is 32.9 Å². The quantitative estimate of drug-likeness (QED) is 0.896. The van der Waals surface area contributed by atoms with Crippen molar-refractivity contribution in [2.45, 2.75) is 39.7 Å². The third-order valence-electron chi connectivity index (χ3n) is 4.29. The molecule has 5 heteroatoms. The molecule has 108 valence electrons. The van der Waals surface area contributed by atoms with Gasteiger partial charge in [0.05, 0.1) is 11.4 Å². The Morgan fingerprint density at radius 3 is 2.32 bits per heavy atom. The smallest absolute Gasteiger partial charge is 0.150 e. The van der Waals surface area contributed by atoms with Gasteiger partial charge in [0.2, 0.25) is 0 Å². The lowest BCUT2D eigenvalue weighted by Crippen LogP contribution is -2.50. The second-order valence-corrected chi connectivity index (χ2v) is 5.44. The monoisotopic (exact) mass is 265 g/mol. The van der Waals surface area contributed by atoms with Crippen LogP contribution in [0.3, 0.4) is 0 Å². The van der Waals surface area contributed by atoms with Gasteiger partial charge in [-0.15, -0.1) is 0 Å². The van der Waals surface area contributed by atoms with Gasteiger partial charge < -0.3 is 10.6 Å². The maximum absolute atomic E-state index is 6.23. The Morgan fingerprint density at radius 2 is 1.84 bits per heavy atom. The lowest BCUT2D eigenvalue weighted by molar-refractivity contribution is 0.192. The lowest BCUT2D eigenvalue weighted by atomic mass is 10.2. The van der Waals surface area contributed by atoms with Gasteiger partial charge in [0.1, 0.15) is 5.82 Å². The minimum absolute atomic E-state index is 0.678. The van der Waals surface area contributed by atoms with Crippen molar-refractivity contribution in [1.29, 1.82) is 0 Å². The molecule has 1 atom stereocenters. The first-order valence-corrected chi connectivity index (χ1v) is 7.38. The normalized spacial score (nSPS) is 18.8. The van der Waals surface area contributed by atoms with Crippen LogP contribution in [0.15, 0.2) is 0 Å². The highest BCUT2D eigenvalue weighted by atomic mass is 15.4. The summed E-state index contributed by atoms with van der Waals surface area (Å²) in [7, 11) is 1.99. The first kappa shape index (κ1) is 14.2. The molecular weight excluding hydrogens is 238 g/mol. The third-order valence-corrected chi connectivity index (χ3v) is 4.29. The van der Waals surface area contributed by atoms with Crippen LogP contribution in [0.2, 0.25) is 0 Å². The van der Waals surface area contributed by atoms with E-state index in [1.54, 1.807) is 0 Å². The first-order chi connectivity index (χ1) is 9.08. The van der Waals surface area contributed by atoms with Gasteiger partial charge in [0.15, 0.2) is 0 Å². The molecule has 19 heavy (non-hydrogen) atoms. The van der Waals surface area contributed by atoms with Gasteiger partial charge in [0, 0.05) is 39.3 Å². The van der Waals surface area contributed by atoms with Crippen molar-refractivity contribution in [1.82, 2.24) is 14.7 Å². The minimum Gasteiger partial charge on any atom is -0.394 e. The number of nitrogen functional groups attached to an aromatic ring is 1. The molecule has 1 aliphatic rings. The van der Waals surface area contributed by atoms with Gasteiger partial charge in [-0.05, 0) is 19.8 Å². The summed E-state index contributed by atoms with van der Waals surface area (Å²) >= 11 is 0. The van der Waals surface area contributed by atoms with Crippen LogP contribution in [0.5, 0.6) is 0 Å². The van der Waals surface area contributed by atoms with Crippen molar-refractivity contribution < 1.29 is 0 Å². The van der Waals surface area contributed by atoms with Crippen LogP contribution >= 0.6 is 0 Å². The van der Waals surface area contributed by atoms with Crippen molar-refractivity contribution in [3.8, 4) is 0 Å². The molecule has 2 N–H and O–H groups in total. The molecule has 1 aromatic heterocycles. The number of piperazine rings is 1. The van der Waals surface area contributed by atoms with E-state index in [1.807, 2.05) is 11.7 Å². The largest absolute Gasteiger partial charge is 0.394 e. The molecule has 2 rings (SSSR count). The van der Waals surface area contributed by atoms with Crippen LogP contribution in [-0.2, 0) is 13.5 Å². The molecule has 0 bridgehead atoms. The summed E-state index contributed by atoms with van der Waals surface area (Å²) < 4.78 is 1.94. The topological polar surface area (TPSA) is 50.3 Å². The second-order valence-electron chi connectivity index (χ2n) is 5.44. The van der Waals surface area contributed by atoms with Gasteiger partial charge in [-0.1, -0.05) is 13.8 Å². The number of hydrogen-bond acceptors (Lipinski definition) is 4. The first-order valence-electron chi connectivity index (χ1n) is 7.38. The second kappa shape index (κ2) is 5.82. The average molecular weight is 265 g/mol. The van der Waals surface area contributed by atoms with E-state index in [9.17, 15) is 0 Å². The van der Waals surface area contributed by atoms with Crippen molar-refractivity contribution in [3.63, 3.8) is 0 Å². The molecule has 5 nitrogen and oxygen atoms in total. The zero-order chi connectivity index (χ0) is 14.0. The number of anilines is 2. The molecule has 0 aliphatic carbocycles. The predicted molar refractivity (Wildman–Crippen MR) is 80.5 cm³/mol. The highest BCUT2D eigenvalue weighted by Crippen LogP contribution is 2.27. The maximum atomic E-state index is 6.23. The number of rotatable bonds is 4. The summed E-state index contributed by atoms with van der Waals surface area (Å²) in [6.07, 6.45) is 2.11. The van der Waals surface area contributed by atoms with E-state index in [1.165, 1.54) is 6.42 Å². The number of aromatic nitrogens is 2. The molecule has 0 spiro atoms. The van der Waals surface area contributed by atoms with E-state index < -0.39 is 0 Å². The summed E-state index contributed by atoms with van der Waals surface area (Å²) in [6, 6.07) is 0.678. The Morgan fingerprint density at radius 1 is 1.21 bits per heavy atom. The average Bonchev–Trinajstić information content (AvgIpc) is 2.72. The molecular formula is C14H27N5.